The van der Waals surface area contributed by atoms with E-state index < -0.39 is 0 Å². The first-order chi connectivity index (χ1) is 10.7. The van der Waals surface area contributed by atoms with Crippen LogP contribution in [0.5, 0.6) is 0 Å². The summed E-state index contributed by atoms with van der Waals surface area (Å²) in [6, 6.07) is 0. The fourth-order valence-corrected chi connectivity index (χ4v) is 2.24. The molecule has 1 aromatic rings. The molecule has 0 aliphatic carbocycles. The number of tetrazole rings is 1. The molecule has 0 N–H and O–H groups in total. The zero-order chi connectivity index (χ0) is 15.8. The smallest absolute Gasteiger partial charge is 0.245 e. The van der Waals surface area contributed by atoms with Crippen LogP contribution in [0.3, 0.4) is 0 Å². The maximum atomic E-state index is 12.3. The maximum Gasteiger partial charge on any atom is 0.245 e. The van der Waals surface area contributed by atoms with Crippen LogP contribution in [-0.2, 0) is 22.6 Å². The lowest BCUT2D eigenvalue weighted by Gasteiger charge is -2.26. The number of rotatable bonds is 8. The van der Waals surface area contributed by atoms with Crippen LogP contribution in [0, 0.1) is 0 Å². The van der Waals surface area contributed by atoms with Gasteiger partial charge in [0.15, 0.2) is 5.82 Å². The summed E-state index contributed by atoms with van der Waals surface area (Å²) < 4.78 is 6.87. The Hall–Kier alpha value is -2.06. The van der Waals surface area contributed by atoms with Crippen LogP contribution < -0.4 is 0 Å². The van der Waals surface area contributed by atoms with Crippen molar-refractivity contribution in [3.63, 3.8) is 0 Å². The van der Waals surface area contributed by atoms with Crippen molar-refractivity contribution in [2.75, 3.05) is 39.4 Å². The first kappa shape index (κ1) is 16.3. The predicted octanol–water partition coefficient (Wildman–Crippen LogP) is -0.294. The zero-order valence-electron chi connectivity index (χ0n) is 12.7. The van der Waals surface area contributed by atoms with Crippen LogP contribution in [0.25, 0.3) is 0 Å². The molecule has 1 amide bonds. The van der Waals surface area contributed by atoms with Gasteiger partial charge in [0.05, 0.1) is 19.8 Å². The third-order valence-corrected chi connectivity index (χ3v) is 3.41. The molecular weight excluding hydrogens is 284 g/mol. The van der Waals surface area contributed by atoms with E-state index in [1.807, 2.05) is 0 Å². The van der Waals surface area contributed by atoms with Gasteiger partial charge >= 0.3 is 0 Å². The molecule has 8 heteroatoms. The summed E-state index contributed by atoms with van der Waals surface area (Å²) in [7, 11) is 0. The average Bonchev–Trinajstić information content (AvgIpc) is 2.95. The predicted molar refractivity (Wildman–Crippen MR) is 80.9 cm³/mol. The van der Waals surface area contributed by atoms with Crippen LogP contribution in [0.1, 0.15) is 5.82 Å². The lowest BCUT2D eigenvalue weighted by atomic mass is 10.4. The van der Waals surface area contributed by atoms with Crippen LogP contribution in [-0.4, -0.2) is 75.3 Å². The van der Waals surface area contributed by atoms with Crippen molar-refractivity contribution in [2.24, 2.45) is 0 Å². The Bertz CT molecular complexity index is 499. The Kier molecular flexibility index (Phi) is 6.23. The third kappa shape index (κ3) is 4.47. The molecule has 22 heavy (non-hydrogen) atoms. The minimum atomic E-state index is -0.0599. The molecule has 0 spiro atoms. The van der Waals surface area contributed by atoms with E-state index in [2.05, 4.69) is 33.6 Å². The van der Waals surface area contributed by atoms with Crippen LogP contribution in [0.15, 0.2) is 25.3 Å². The molecule has 0 bridgehead atoms. The van der Waals surface area contributed by atoms with Crippen molar-refractivity contribution < 1.29 is 9.53 Å². The minimum absolute atomic E-state index is 0.0599. The second kappa shape index (κ2) is 8.40. The van der Waals surface area contributed by atoms with Crippen LogP contribution in [0.4, 0.5) is 0 Å². The third-order valence-electron chi connectivity index (χ3n) is 3.41. The molecule has 0 radical (unpaired) electrons. The highest BCUT2D eigenvalue weighted by atomic mass is 16.5. The molecule has 0 aromatic carbocycles. The van der Waals surface area contributed by atoms with Gasteiger partial charge in [0.1, 0.15) is 6.54 Å². The van der Waals surface area contributed by atoms with Gasteiger partial charge in [-0.3, -0.25) is 9.69 Å². The molecule has 120 valence electrons. The Morgan fingerprint density at radius 2 is 1.95 bits per heavy atom. The van der Waals surface area contributed by atoms with Crippen molar-refractivity contribution >= 4 is 5.91 Å². The van der Waals surface area contributed by atoms with Gasteiger partial charge in [-0.15, -0.1) is 18.3 Å². The van der Waals surface area contributed by atoms with Gasteiger partial charge in [-0.1, -0.05) is 12.2 Å². The van der Waals surface area contributed by atoms with Gasteiger partial charge in [-0.05, 0) is 10.4 Å². The van der Waals surface area contributed by atoms with Crippen molar-refractivity contribution in [2.45, 2.75) is 13.1 Å². The highest BCUT2D eigenvalue weighted by Gasteiger charge is 2.18. The topological polar surface area (TPSA) is 76.4 Å². The van der Waals surface area contributed by atoms with Gasteiger partial charge in [0.25, 0.3) is 0 Å². The SMILES string of the molecule is C=CCN(CC=C)C(=O)Cn1nnnc1CN1CCOCC1. The van der Waals surface area contributed by atoms with Gasteiger partial charge < -0.3 is 9.64 Å². The minimum Gasteiger partial charge on any atom is -0.379 e. The number of amides is 1. The first-order valence-electron chi connectivity index (χ1n) is 7.29. The molecular formula is C14H22N6O2. The molecule has 1 aliphatic rings. The Morgan fingerprint density at radius 3 is 2.59 bits per heavy atom. The van der Waals surface area contributed by atoms with Gasteiger partial charge in [-0.2, -0.15) is 0 Å². The van der Waals surface area contributed by atoms with E-state index in [1.54, 1.807) is 21.7 Å². The molecule has 8 nitrogen and oxygen atoms in total. The normalized spacial score (nSPS) is 15.5. The summed E-state index contributed by atoms with van der Waals surface area (Å²) in [6.07, 6.45) is 3.38. The number of morpholine rings is 1. The molecule has 0 unspecified atom stereocenters. The van der Waals surface area contributed by atoms with Crippen LogP contribution >= 0.6 is 0 Å². The Balaban J connectivity index is 1.97. The van der Waals surface area contributed by atoms with Crippen LogP contribution in [0.2, 0.25) is 0 Å². The second-order valence-corrected chi connectivity index (χ2v) is 5.02. The van der Waals surface area contributed by atoms with E-state index in [-0.39, 0.29) is 12.5 Å². The Morgan fingerprint density at radius 1 is 1.27 bits per heavy atom. The summed E-state index contributed by atoms with van der Waals surface area (Å²) in [5.41, 5.74) is 0. The maximum absolute atomic E-state index is 12.3. The molecule has 0 saturated carbocycles. The summed E-state index contributed by atoms with van der Waals surface area (Å²) in [5.74, 6) is 0.628. The quantitative estimate of drug-likeness (QED) is 0.614. The molecule has 1 aliphatic heterocycles. The van der Waals surface area contributed by atoms with Crippen molar-refractivity contribution in [3.8, 4) is 0 Å². The summed E-state index contributed by atoms with van der Waals surface area (Å²) in [6.45, 7) is 12.1. The number of aromatic nitrogens is 4. The summed E-state index contributed by atoms with van der Waals surface area (Å²) in [4.78, 5) is 16.2. The largest absolute Gasteiger partial charge is 0.379 e. The zero-order valence-corrected chi connectivity index (χ0v) is 12.7. The van der Waals surface area contributed by atoms with Gasteiger partial charge in [-0.25, -0.2) is 4.68 Å². The summed E-state index contributed by atoms with van der Waals surface area (Å²) >= 11 is 0. The molecule has 0 atom stereocenters. The monoisotopic (exact) mass is 306 g/mol. The van der Waals surface area contributed by atoms with Crippen molar-refractivity contribution in [1.82, 2.24) is 30.0 Å². The van der Waals surface area contributed by atoms with Gasteiger partial charge in [0.2, 0.25) is 5.91 Å². The first-order valence-corrected chi connectivity index (χ1v) is 7.29. The Labute approximate surface area is 130 Å². The number of carbonyl (C=O) groups is 1. The van der Waals surface area contributed by atoms with Crippen molar-refractivity contribution in [3.05, 3.63) is 31.1 Å². The lowest BCUT2D eigenvalue weighted by Crippen LogP contribution is -2.38. The van der Waals surface area contributed by atoms with E-state index in [4.69, 9.17) is 4.74 Å². The second-order valence-electron chi connectivity index (χ2n) is 5.02. The highest BCUT2D eigenvalue weighted by Crippen LogP contribution is 2.04. The van der Waals surface area contributed by atoms with Crippen molar-refractivity contribution in [1.29, 1.82) is 0 Å². The van der Waals surface area contributed by atoms with E-state index in [9.17, 15) is 4.79 Å². The molecule has 2 heterocycles. The van der Waals surface area contributed by atoms with E-state index in [1.165, 1.54) is 0 Å². The average molecular weight is 306 g/mol. The standard InChI is InChI=1S/C14H22N6O2/c1-3-5-19(6-4-2)14(21)12-20-13(15-16-17-20)11-18-7-9-22-10-8-18/h3-4H,1-2,5-12H2. The molecule has 1 aromatic heterocycles. The fraction of sp³-hybridized carbons (Fsp3) is 0.571. The van der Waals surface area contributed by atoms with Gasteiger partial charge in [0, 0.05) is 26.2 Å². The fourth-order valence-electron chi connectivity index (χ4n) is 2.24. The molecule has 2 rings (SSSR count). The summed E-state index contributed by atoms with van der Waals surface area (Å²) in [5, 5.41) is 11.6. The number of hydrogen-bond donors (Lipinski definition) is 0. The molecule has 1 fully saturated rings. The number of nitrogens with zero attached hydrogens (tertiary/aromatic N) is 6. The van der Waals surface area contributed by atoms with E-state index >= 15 is 0 Å². The number of hydrogen-bond acceptors (Lipinski definition) is 6. The highest BCUT2D eigenvalue weighted by molar-refractivity contribution is 5.76. The lowest BCUT2D eigenvalue weighted by molar-refractivity contribution is -0.131. The van der Waals surface area contributed by atoms with E-state index in [0.29, 0.717) is 38.7 Å². The number of ether oxygens (including phenoxy) is 1. The van der Waals surface area contributed by atoms with E-state index in [0.717, 1.165) is 13.1 Å². The number of carbonyl (C=O) groups excluding carboxylic acids is 1. The molecule has 1 saturated heterocycles.